The SMILES string of the molecule is COc1c(Cl)cc(Cl)cc1S(=O)(=O)NO. The average Bonchev–Trinajstić information content (AvgIpc) is 2.16. The summed E-state index contributed by atoms with van der Waals surface area (Å²) in [6.45, 7) is 0. The Bertz CT molecular complexity index is 474. The Labute approximate surface area is 96.6 Å². The van der Waals surface area contributed by atoms with E-state index in [1.54, 1.807) is 0 Å². The maximum absolute atomic E-state index is 11.3. The van der Waals surface area contributed by atoms with Crippen molar-refractivity contribution >= 4 is 33.2 Å². The van der Waals surface area contributed by atoms with Crippen LogP contribution in [0.5, 0.6) is 5.75 Å². The molecule has 0 spiro atoms. The van der Waals surface area contributed by atoms with Crippen molar-refractivity contribution in [2.75, 3.05) is 7.11 Å². The standard InChI is InChI=1S/C7H7Cl2NO4S/c1-14-7-5(9)2-4(8)3-6(7)15(12,13)10-11/h2-3,10-11H,1H3. The van der Waals surface area contributed by atoms with Gasteiger partial charge in [0, 0.05) is 5.02 Å². The van der Waals surface area contributed by atoms with Gasteiger partial charge in [-0.1, -0.05) is 28.1 Å². The highest BCUT2D eigenvalue weighted by atomic mass is 35.5. The van der Waals surface area contributed by atoms with Crippen molar-refractivity contribution < 1.29 is 18.4 Å². The molecule has 1 rings (SSSR count). The number of rotatable bonds is 3. The van der Waals surface area contributed by atoms with Crippen LogP contribution in [0.15, 0.2) is 17.0 Å². The molecule has 0 heterocycles. The lowest BCUT2D eigenvalue weighted by molar-refractivity contribution is 0.242. The van der Waals surface area contributed by atoms with Gasteiger partial charge in [-0.2, -0.15) is 0 Å². The monoisotopic (exact) mass is 271 g/mol. The average molecular weight is 272 g/mol. The maximum atomic E-state index is 11.3. The Kier molecular flexibility index (Phi) is 3.80. The number of ether oxygens (including phenoxy) is 1. The van der Waals surface area contributed by atoms with E-state index < -0.39 is 10.0 Å². The third kappa shape index (κ3) is 2.53. The summed E-state index contributed by atoms with van der Waals surface area (Å²) in [5.74, 6) is -0.0809. The molecule has 0 amide bonds. The molecule has 15 heavy (non-hydrogen) atoms. The van der Waals surface area contributed by atoms with Gasteiger partial charge in [-0.25, -0.2) is 8.42 Å². The normalized spacial score (nSPS) is 11.5. The molecule has 0 radical (unpaired) electrons. The maximum Gasteiger partial charge on any atom is 0.266 e. The second kappa shape index (κ2) is 4.54. The van der Waals surface area contributed by atoms with E-state index in [0.29, 0.717) is 0 Å². The van der Waals surface area contributed by atoms with Crippen molar-refractivity contribution in [2.45, 2.75) is 4.90 Å². The summed E-state index contributed by atoms with van der Waals surface area (Å²) in [6.07, 6.45) is 0. The first kappa shape index (κ1) is 12.5. The molecule has 0 aliphatic carbocycles. The molecule has 2 N–H and O–H groups in total. The molecule has 0 aliphatic rings. The molecule has 84 valence electrons. The molecule has 1 aromatic rings. The van der Waals surface area contributed by atoms with Crippen LogP contribution in [0.2, 0.25) is 10.0 Å². The molecule has 0 aromatic heterocycles. The lowest BCUT2D eigenvalue weighted by Gasteiger charge is -2.10. The summed E-state index contributed by atoms with van der Waals surface area (Å²) in [4.78, 5) is 0.833. The summed E-state index contributed by atoms with van der Waals surface area (Å²) >= 11 is 11.3. The topological polar surface area (TPSA) is 75.6 Å². The second-order valence-electron chi connectivity index (χ2n) is 2.51. The first-order chi connectivity index (χ1) is 6.92. The third-order valence-corrected chi connectivity index (χ3v) is 3.21. The summed E-state index contributed by atoms with van der Waals surface area (Å²) < 4.78 is 27.5. The van der Waals surface area contributed by atoms with E-state index in [4.69, 9.17) is 33.1 Å². The number of benzene rings is 1. The second-order valence-corrected chi connectivity index (χ2v) is 4.99. The minimum atomic E-state index is -4.07. The first-order valence-electron chi connectivity index (χ1n) is 3.61. The molecule has 0 saturated heterocycles. The van der Waals surface area contributed by atoms with Crippen LogP contribution in [0.4, 0.5) is 0 Å². The largest absolute Gasteiger partial charge is 0.494 e. The lowest BCUT2D eigenvalue weighted by Crippen LogP contribution is -2.20. The van der Waals surface area contributed by atoms with Gasteiger partial charge in [-0.05, 0) is 12.1 Å². The van der Waals surface area contributed by atoms with E-state index in [1.807, 2.05) is 0 Å². The first-order valence-corrected chi connectivity index (χ1v) is 5.85. The van der Waals surface area contributed by atoms with E-state index in [1.165, 1.54) is 13.2 Å². The Morgan fingerprint density at radius 1 is 1.40 bits per heavy atom. The van der Waals surface area contributed by atoms with Crippen LogP contribution in [0.25, 0.3) is 0 Å². The number of halogens is 2. The zero-order valence-corrected chi connectivity index (χ0v) is 9.82. The van der Waals surface area contributed by atoms with Gasteiger partial charge in [0.2, 0.25) is 0 Å². The molecular formula is C7H7Cl2NO4S. The highest BCUT2D eigenvalue weighted by Crippen LogP contribution is 2.34. The molecule has 5 nitrogen and oxygen atoms in total. The fourth-order valence-electron chi connectivity index (χ4n) is 0.984. The van der Waals surface area contributed by atoms with Crippen LogP contribution in [0.1, 0.15) is 0 Å². The van der Waals surface area contributed by atoms with E-state index in [0.717, 1.165) is 11.0 Å². The van der Waals surface area contributed by atoms with E-state index in [9.17, 15) is 8.42 Å². The van der Waals surface area contributed by atoms with Crippen LogP contribution < -0.4 is 9.62 Å². The number of hydrogen-bond acceptors (Lipinski definition) is 4. The van der Waals surface area contributed by atoms with Crippen LogP contribution in [0.3, 0.4) is 0 Å². The van der Waals surface area contributed by atoms with Crippen molar-refractivity contribution in [3.8, 4) is 5.75 Å². The van der Waals surface area contributed by atoms with Crippen LogP contribution >= 0.6 is 23.2 Å². The van der Waals surface area contributed by atoms with Crippen molar-refractivity contribution in [3.63, 3.8) is 0 Å². The van der Waals surface area contributed by atoms with E-state index >= 15 is 0 Å². The predicted molar refractivity (Wildman–Crippen MR) is 55.1 cm³/mol. The molecule has 0 atom stereocenters. The summed E-state index contributed by atoms with van der Waals surface area (Å²) in [5, 5.41) is 8.63. The van der Waals surface area contributed by atoms with Gasteiger partial charge in [0.25, 0.3) is 10.0 Å². The zero-order chi connectivity index (χ0) is 11.6. The highest BCUT2D eigenvalue weighted by Gasteiger charge is 2.21. The minimum absolute atomic E-state index is 0.0406. The predicted octanol–water partition coefficient (Wildman–Crippen LogP) is 1.67. The molecular weight excluding hydrogens is 265 g/mol. The van der Waals surface area contributed by atoms with Gasteiger partial charge in [0.15, 0.2) is 5.75 Å². The molecule has 0 fully saturated rings. The molecule has 0 bridgehead atoms. The van der Waals surface area contributed by atoms with E-state index in [2.05, 4.69) is 0 Å². The van der Waals surface area contributed by atoms with Gasteiger partial charge < -0.3 is 9.94 Å². The van der Waals surface area contributed by atoms with Gasteiger partial charge >= 0.3 is 0 Å². The molecule has 0 saturated carbocycles. The quantitative estimate of drug-likeness (QED) is 0.821. The summed E-state index contributed by atoms with van der Waals surface area (Å²) in [6, 6.07) is 2.45. The van der Waals surface area contributed by atoms with Crippen molar-refractivity contribution in [2.24, 2.45) is 0 Å². The molecule has 1 aromatic carbocycles. The minimum Gasteiger partial charge on any atom is -0.494 e. The fourth-order valence-corrected chi connectivity index (χ4v) is 2.49. The number of hydrogen-bond donors (Lipinski definition) is 2. The Morgan fingerprint density at radius 3 is 2.47 bits per heavy atom. The van der Waals surface area contributed by atoms with Gasteiger partial charge in [0.1, 0.15) is 4.90 Å². The lowest BCUT2D eigenvalue weighted by atomic mass is 10.3. The fraction of sp³-hybridized carbons (Fsp3) is 0.143. The van der Waals surface area contributed by atoms with Crippen LogP contribution in [0, 0.1) is 0 Å². The Hall–Kier alpha value is -0.530. The van der Waals surface area contributed by atoms with Crippen molar-refractivity contribution in [3.05, 3.63) is 22.2 Å². The Balaban J connectivity index is 3.53. The number of sulfonamides is 1. The molecule has 0 aliphatic heterocycles. The molecule has 8 heteroatoms. The van der Waals surface area contributed by atoms with Crippen LogP contribution in [-0.2, 0) is 10.0 Å². The Morgan fingerprint density at radius 2 is 2.00 bits per heavy atom. The smallest absolute Gasteiger partial charge is 0.266 e. The van der Waals surface area contributed by atoms with Crippen molar-refractivity contribution in [1.29, 1.82) is 0 Å². The third-order valence-electron chi connectivity index (χ3n) is 1.59. The van der Waals surface area contributed by atoms with Crippen molar-refractivity contribution in [1.82, 2.24) is 4.89 Å². The number of methoxy groups -OCH3 is 1. The highest BCUT2D eigenvalue weighted by molar-refractivity contribution is 7.89. The zero-order valence-electron chi connectivity index (χ0n) is 7.49. The summed E-state index contributed by atoms with van der Waals surface area (Å²) in [5.41, 5.74) is 0. The van der Waals surface area contributed by atoms with E-state index in [-0.39, 0.29) is 20.7 Å². The van der Waals surface area contributed by atoms with Gasteiger partial charge in [-0.15, -0.1) is 0 Å². The van der Waals surface area contributed by atoms with Gasteiger partial charge in [-0.3, -0.25) is 0 Å². The van der Waals surface area contributed by atoms with Crippen LogP contribution in [-0.4, -0.2) is 20.7 Å². The number of nitrogens with one attached hydrogen (secondary N) is 1. The summed E-state index contributed by atoms with van der Waals surface area (Å²) in [7, 11) is -2.82. The van der Waals surface area contributed by atoms with Gasteiger partial charge in [0.05, 0.1) is 12.1 Å². The molecule has 0 unspecified atom stereocenters.